The summed E-state index contributed by atoms with van der Waals surface area (Å²) in [7, 11) is 3.14. The average Bonchev–Trinajstić information content (AvgIpc) is 3.55. The number of thiophene rings is 1. The van der Waals surface area contributed by atoms with Gasteiger partial charge in [0, 0.05) is 4.88 Å². The Labute approximate surface area is 221 Å². The van der Waals surface area contributed by atoms with Gasteiger partial charge in [-0.25, -0.2) is 9.79 Å². The summed E-state index contributed by atoms with van der Waals surface area (Å²) in [5, 5.41) is 1.93. The number of esters is 1. The molecule has 5 rings (SSSR count). The Morgan fingerprint density at radius 1 is 1.05 bits per heavy atom. The van der Waals surface area contributed by atoms with Crippen molar-refractivity contribution in [2.45, 2.75) is 19.6 Å². The van der Waals surface area contributed by atoms with Crippen molar-refractivity contribution in [3.63, 3.8) is 0 Å². The number of aromatic nitrogens is 1. The average molecular weight is 533 g/mol. The molecule has 0 N–H and O–H groups in total. The first-order chi connectivity index (χ1) is 18.0. The molecule has 1 atom stereocenters. The number of nitrogens with zero attached hydrogens (tertiary/aromatic N) is 2. The second-order valence-electron chi connectivity index (χ2n) is 8.27. The van der Waals surface area contributed by atoms with E-state index in [-0.39, 0.29) is 12.2 Å². The molecule has 0 aliphatic carbocycles. The Kier molecular flexibility index (Phi) is 7.07. The first-order valence-electron chi connectivity index (χ1n) is 11.5. The van der Waals surface area contributed by atoms with Crippen molar-refractivity contribution < 1.29 is 19.0 Å². The predicted octanol–water partition coefficient (Wildman–Crippen LogP) is 4.06. The summed E-state index contributed by atoms with van der Waals surface area (Å²) in [6.07, 6.45) is 1.80. The maximum Gasteiger partial charge on any atom is 0.338 e. The van der Waals surface area contributed by atoms with Gasteiger partial charge in [-0.1, -0.05) is 53.8 Å². The molecule has 4 aromatic rings. The molecule has 9 heteroatoms. The van der Waals surface area contributed by atoms with Crippen LogP contribution in [0.5, 0.6) is 11.5 Å². The van der Waals surface area contributed by atoms with Crippen LogP contribution in [0.2, 0.25) is 0 Å². The summed E-state index contributed by atoms with van der Waals surface area (Å²) in [5.74, 6) is 0.686. The molecule has 0 spiro atoms. The first-order valence-corrected chi connectivity index (χ1v) is 13.2. The smallest absolute Gasteiger partial charge is 0.338 e. The molecule has 0 saturated heterocycles. The van der Waals surface area contributed by atoms with Gasteiger partial charge in [0.2, 0.25) is 0 Å². The Bertz CT molecular complexity index is 1650. The van der Waals surface area contributed by atoms with Gasteiger partial charge >= 0.3 is 5.97 Å². The lowest BCUT2D eigenvalue weighted by Gasteiger charge is -2.23. The lowest BCUT2D eigenvalue weighted by Crippen LogP contribution is -2.39. The summed E-state index contributed by atoms with van der Waals surface area (Å²) in [6, 6.07) is 18.2. The standard InChI is InChI=1S/C28H24N2O5S2/c1-17-24(27(32)35-16-18-8-5-4-6-9-18)25(22-10-7-13-36-22)30-26(31)23(37-28(30)29-17)15-19-11-12-20(33-2)21(14-19)34-3/h4-15,25H,16H2,1-3H3. The zero-order chi connectivity index (χ0) is 25.9. The quantitative estimate of drug-likeness (QED) is 0.336. The zero-order valence-electron chi connectivity index (χ0n) is 20.5. The van der Waals surface area contributed by atoms with Crippen LogP contribution >= 0.6 is 22.7 Å². The van der Waals surface area contributed by atoms with E-state index in [1.807, 2.05) is 60.0 Å². The molecule has 0 fully saturated rings. The van der Waals surface area contributed by atoms with Gasteiger partial charge in [0.25, 0.3) is 5.56 Å². The first kappa shape index (κ1) is 24.7. The third-order valence-corrected chi connectivity index (χ3v) is 7.88. The fraction of sp³-hybridized carbons (Fsp3) is 0.179. The number of carbonyl (C=O) groups excluding carboxylic acids is 1. The molecule has 1 aliphatic heterocycles. The molecular weight excluding hydrogens is 508 g/mol. The van der Waals surface area contributed by atoms with Gasteiger partial charge in [-0.3, -0.25) is 9.36 Å². The number of methoxy groups -OCH3 is 2. The largest absolute Gasteiger partial charge is 0.493 e. The van der Waals surface area contributed by atoms with Gasteiger partial charge in [0.15, 0.2) is 16.3 Å². The number of carbonyl (C=O) groups is 1. The summed E-state index contributed by atoms with van der Waals surface area (Å²) < 4.78 is 18.5. The number of hydrogen-bond acceptors (Lipinski definition) is 8. The molecule has 0 saturated carbocycles. The van der Waals surface area contributed by atoms with Crippen molar-refractivity contribution in [3.8, 4) is 11.5 Å². The highest BCUT2D eigenvalue weighted by Crippen LogP contribution is 2.33. The molecule has 0 bridgehead atoms. The van der Waals surface area contributed by atoms with Crippen LogP contribution in [0.25, 0.3) is 6.08 Å². The van der Waals surface area contributed by atoms with Crippen LogP contribution in [0.4, 0.5) is 0 Å². The van der Waals surface area contributed by atoms with Gasteiger partial charge in [0.05, 0.1) is 30.0 Å². The van der Waals surface area contributed by atoms with E-state index in [4.69, 9.17) is 14.2 Å². The molecule has 1 aliphatic rings. The normalized spacial score (nSPS) is 15.2. The molecule has 2 aromatic carbocycles. The van der Waals surface area contributed by atoms with Crippen molar-refractivity contribution in [2.75, 3.05) is 14.2 Å². The van der Waals surface area contributed by atoms with E-state index < -0.39 is 12.0 Å². The van der Waals surface area contributed by atoms with Crippen LogP contribution in [0.15, 0.2) is 87.1 Å². The van der Waals surface area contributed by atoms with Crippen molar-refractivity contribution in [1.29, 1.82) is 0 Å². The van der Waals surface area contributed by atoms with Gasteiger partial charge < -0.3 is 14.2 Å². The summed E-state index contributed by atoms with van der Waals surface area (Å²) >= 11 is 2.77. The van der Waals surface area contributed by atoms with E-state index >= 15 is 0 Å². The number of fused-ring (bicyclic) bond motifs is 1. The third-order valence-electron chi connectivity index (χ3n) is 5.97. The highest BCUT2D eigenvalue weighted by Gasteiger charge is 2.34. The van der Waals surface area contributed by atoms with Crippen molar-refractivity contribution in [2.24, 2.45) is 4.99 Å². The van der Waals surface area contributed by atoms with Gasteiger partial charge in [-0.05, 0) is 47.7 Å². The molecule has 3 heterocycles. The molecular formula is C28H24N2O5S2. The molecule has 0 amide bonds. The number of rotatable bonds is 7. The Morgan fingerprint density at radius 3 is 2.54 bits per heavy atom. The number of thiazole rings is 1. The van der Waals surface area contributed by atoms with E-state index in [9.17, 15) is 9.59 Å². The van der Waals surface area contributed by atoms with E-state index in [2.05, 4.69) is 4.99 Å². The van der Waals surface area contributed by atoms with E-state index in [1.54, 1.807) is 37.9 Å². The minimum Gasteiger partial charge on any atom is -0.493 e. The summed E-state index contributed by atoms with van der Waals surface area (Å²) in [4.78, 5) is 33.1. The van der Waals surface area contributed by atoms with Gasteiger partial charge in [0.1, 0.15) is 12.6 Å². The van der Waals surface area contributed by atoms with Crippen molar-refractivity contribution >= 4 is 34.7 Å². The van der Waals surface area contributed by atoms with Crippen LogP contribution in [0.3, 0.4) is 0 Å². The fourth-order valence-electron chi connectivity index (χ4n) is 4.19. The minimum absolute atomic E-state index is 0.136. The predicted molar refractivity (Wildman–Crippen MR) is 144 cm³/mol. The number of hydrogen-bond donors (Lipinski definition) is 0. The lowest BCUT2D eigenvalue weighted by molar-refractivity contribution is -0.140. The fourth-order valence-corrected chi connectivity index (χ4v) is 6.06. The zero-order valence-corrected chi connectivity index (χ0v) is 22.1. The van der Waals surface area contributed by atoms with E-state index in [1.165, 1.54) is 22.7 Å². The maximum atomic E-state index is 13.7. The molecule has 2 aromatic heterocycles. The monoisotopic (exact) mass is 532 g/mol. The maximum absolute atomic E-state index is 13.7. The lowest BCUT2D eigenvalue weighted by atomic mass is 10.0. The Morgan fingerprint density at radius 2 is 1.84 bits per heavy atom. The molecule has 7 nitrogen and oxygen atoms in total. The van der Waals surface area contributed by atoms with E-state index in [0.29, 0.717) is 32.1 Å². The minimum atomic E-state index is -0.618. The highest BCUT2D eigenvalue weighted by molar-refractivity contribution is 7.10. The van der Waals surface area contributed by atoms with Crippen molar-refractivity contribution in [3.05, 3.63) is 113 Å². The van der Waals surface area contributed by atoms with Crippen LogP contribution in [-0.4, -0.2) is 24.8 Å². The topological polar surface area (TPSA) is 79.1 Å². The summed E-state index contributed by atoms with van der Waals surface area (Å²) in [6.45, 7) is 1.92. The third kappa shape index (κ3) is 4.87. The summed E-state index contributed by atoms with van der Waals surface area (Å²) in [5.41, 5.74) is 2.35. The van der Waals surface area contributed by atoms with Crippen LogP contribution in [0, 0.1) is 0 Å². The Hall–Kier alpha value is -3.95. The molecule has 0 radical (unpaired) electrons. The Balaban J connectivity index is 1.57. The van der Waals surface area contributed by atoms with E-state index in [0.717, 1.165) is 16.0 Å². The SMILES string of the molecule is COc1ccc(C=c2sc3n(c2=O)C(c2cccs2)C(C(=O)OCc2ccccc2)=C(C)N=3)cc1OC. The number of benzene rings is 2. The van der Waals surface area contributed by atoms with Crippen molar-refractivity contribution in [1.82, 2.24) is 4.57 Å². The number of ether oxygens (including phenoxy) is 3. The van der Waals surface area contributed by atoms with Crippen LogP contribution in [0.1, 0.15) is 29.0 Å². The molecule has 37 heavy (non-hydrogen) atoms. The highest BCUT2D eigenvalue weighted by atomic mass is 32.1. The number of allylic oxidation sites excluding steroid dienone is 1. The van der Waals surface area contributed by atoms with Gasteiger partial charge in [-0.15, -0.1) is 11.3 Å². The second-order valence-corrected chi connectivity index (χ2v) is 10.3. The van der Waals surface area contributed by atoms with Crippen LogP contribution < -0.4 is 24.4 Å². The molecule has 188 valence electrons. The molecule has 1 unspecified atom stereocenters. The second kappa shape index (κ2) is 10.6. The van der Waals surface area contributed by atoms with Gasteiger partial charge in [-0.2, -0.15) is 0 Å². The van der Waals surface area contributed by atoms with Crippen LogP contribution in [-0.2, 0) is 16.1 Å².